The third kappa shape index (κ3) is 4.70. The predicted octanol–water partition coefficient (Wildman–Crippen LogP) is 9.01. The molecule has 5 heteroatoms. The van der Waals surface area contributed by atoms with Crippen molar-refractivity contribution in [1.29, 1.82) is 0 Å². The average Bonchev–Trinajstić information content (AvgIpc) is 3.53. The van der Waals surface area contributed by atoms with Crippen LogP contribution in [0, 0.1) is 0 Å². The van der Waals surface area contributed by atoms with Gasteiger partial charge in [0.15, 0.2) is 0 Å². The molecule has 0 unspecified atom stereocenters. The quantitative estimate of drug-likeness (QED) is 0.189. The molecule has 0 radical (unpaired) electrons. The Balaban J connectivity index is 1.56. The zero-order valence-corrected chi connectivity index (χ0v) is 25.3. The lowest BCUT2D eigenvalue weighted by molar-refractivity contribution is -0.121. The zero-order chi connectivity index (χ0) is 29.4. The molecule has 0 aliphatic carbocycles. The van der Waals surface area contributed by atoms with Gasteiger partial charge in [0.2, 0.25) is 0 Å². The van der Waals surface area contributed by atoms with Gasteiger partial charge >= 0.3 is 0 Å². The summed E-state index contributed by atoms with van der Waals surface area (Å²) in [6.07, 6.45) is 0.484. The topological polar surface area (TPSA) is 48.5 Å². The SMILES string of the molecule is CC1=NN(c2ccccc2)C(=O)[C@@]1(Cc1ccccc1)c1c(C(c2ccccc2)c2ccccc2)[nH]c2cc(Br)ccc12. The average molecular weight is 625 g/mol. The molecule has 6 aromatic rings. The van der Waals surface area contributed by atoms with Crippen LogP contribution in [-0.4, -0.2) is 16.6 Å². The second-order valence-electron chi connectivity index (χ2n) is 11.1. The van der Waals surface area contributed by atoms with Gasteiger partial charge in [0.1, 0.15) is 5.41 Å². The van der Waals surface area contributed by atoms with Crippen molar-refractivity contribution in [2.75, 3.05) is 5.01 Å². The highest BCUT2D eigenvalue weighted by molar-refractivity contribution is 9.10. The predicted molar refractivity (Wildman–Crippen MR) is 179 cm³/mol. The van der Waals surface area contributed by atoms with Crippen LogP contribution in [0.1, 0.15) is 40.8 Å². The smallest absolute Gasteiger partial charge is 0.264 e. The Bertz CT molecular complexity index is 1900. The molecule has 0 fully saturated rings. The number of fused-ring (bicyclic) bond motifs is 1. The third-order valence-corrected chi connectivity index (χ3v) is 9.00. The number of hydrogen-bond donors (Lipinski definition) is 1. The molecule has 0 saturated heterocycles. The van der Waals surface area contributed by atoms with Gasteiger partial charge in [0, 0.05) is 32.6 Å². The largest absolute Gasteiger partial charge is 0.357 e. The summed E-state index contributed by atoms with van der Waals surface area (Å²) in [5, 5.41) is 7.61. The van der Waals surface area contributed by atoms with Crippen molar-refractivity contribution in [1.82, 2.24) is 4.98 Å². The first kappa shape index (κ1) is 27.1. The Morgan fingerprint density at radius 3 is 1.93 bits per heavy atom. The summed E-state index contributed by atoms with van der Waals surface area (Å²) in [5.41, 5.74) is 6.81. The van der Waals surface area contributed by atoms with Crippen LogP contribution in [0.15, 0.2) is 149 Å². The van der Waals surface area contributed by atoms with Crippen molar-refractivity contribution in [2.45, 2.75) is 24.7 Å². The van der Waals surface area contributed by atoms with E-state index in [2.05, 4.69) is 99.8 Å². The van der Waals surface area contributed by atoms with E-state index in [0.29, 0.717) is 6.42 Å². The van der Waals surface area contributed by atoms with E-state index in [-0.39, 0.29) is 11.8 Å². The molecule has 0 bridgehead atoms. The van der Waals surface area contributed by atoms with Crippen LogP contribution in [0.4, 0.5) is 5.69 Å². The van der Waals surface area contributed by atoms with Gasteiger partial charge < -0.3 is 4.98 Å². The molecule has 1 atom stereocenters. The Kier molecular flexibility index (Phi) is 7.04. The van der Waals surface area contributed by atoms with Crippen molar-refractivity contribution < 1.29 is 4.79 Å². The summed E-state index contributed by atoms with van der Waals surface area (Å²) in [7, 11) is 0. The van der Waals surface area contributed by atoms with E-state index in [9.17, 15) is 0 Å². The van der Waals surface area contributed by atoms with Gasteiger partial charge in [-0.15, -0.1) is 0 Å². The highest BCUT2D eigenvalue weighted by Gasteiger charge is 2.54. The summed E-state index contributed by atoms with van der Waals surface area (Å²) < 4.78 is 0.974. The number of benzene rings is 5. The van der Waals surface area contributed by atoms with Gasteiger partial charge in [-0.3, -0.25) is 4.79 Å². The molecular formula is C38H30BrN3O. The van der Waals surface area contributed by atoms with Crippen molar-refractivity contribution in [3.63, 3.8) is 0 Å². The number of halogens is 1. The van der Waals surface area contributed by atoms with Crippen LogP contribution in [0.25, 0.3) is 10.9 Å². The van der Waals surface area contributed by atoms with Crippen molar-refractivity contribution >= 4 is 44.1 Å². The summed E-state index contributed by atoms with van der Waals surface area (Å²) in [6, 6.07) is 47.4. The maximum Gasteiger partial charge on any atom is 0.264 e. The van der Waals surface area contributed by atoms with Gasteiger partial charge in [-0.1, -0.05) is 131 Å². The van der Waals surface area contributed by atoms with Gasteiger partial charge in [0.25, 0.3) is 5.91 Å². The lowest BCUT2D eigenvalue weighted by atomic mass is 9.68. The lowest BCUT2D eigenvalue weighted by Crippen LogP contribution is -2.46. The Morgan fingerprint density at radius 2 is 1.33 bits per heavy atom. The molecule has 2 heterocycles. The van der Waals surface area contributed by atoms with Gasteiger partial charge in [-0.25, -0.2) is 0 Å². The Morgan fingerprint density at radius 1 is 0.767 bits per heavy atom. The van der Waals surface area contributed by atoms with E-state index in [0.717, 1.165) is 54.7 Å². The number of carbonyl (C=O) groups excluding carboxylic acids is 1. The molecule has 7 rings (SSSR count). The molecule has 1 aromatic heterocycles. The standard InChI is InChI=1S/C38H30BrN3O/c1-26-38(25-27-14-6-2-7-15-27,37(43)42(41-26)31-20-12-5-13-21-31)35-32-23-22-30(39)24-33(32)40-36(35)34(28-16-8-3-9-17-28)29-18-10-4-11-19-29/h2-24,34,40H,25H2,1H3/t38-/m1/s1. The second-order valence-corrected chi connectivity index (χ2v) is 12.0. The van der Waals surface area contributed by atoms with Crippen LogP contribution in [-0.2, 0) is 16.6 Å². The first-order valence-electron chi connectivity index (χ1n) is 14.5. The minimum atomic E-state index is -1.04. The number of hydrazone groups is 1. The molecule has 1 aliphatic rings. The van der Waals surface area contributed by atoms with Crippen molar-refractivity contribution in [3.8, 4) is 0 Å². The van der Waals surface area contributed by atoms with E-state index >= 15 is 4.79 Å². The van der Waals surface area contributed by atoms with Crippen LogP contribution in [0.5, 0.6) is 0 Å². The first-order chi connectivity index (χ1) is 21.1. The highest BCUT2D eigenvalue weighted by atomic mass is 79.9. The van der Waals surface area contributed by atoms with E-state index in [1.165, 1.54) is 0 Å². The molecule has 4 nitrogen and oxygen atoms in total. The maximum atomic E-state index is 15.1. The van der Waals surface area contributed by atoms with E-state index < -0.39 is 5.41 Å². The Labute approximate surface area is 259 Å². The molecule has 0 spiro atoms. The van der Waals surface area contributed by atoms with Crippen molar-refractivity contribution in [2.24, 2.45) is 5.10 Å². The Hall–Kier alpha value is -4.74. The highest BCUT2D eigenvalue weighted by Crippen LogP contribution is 2.48. The molecule has 1 N–H and O–H groups in total. The minimum Gasteiger partial charge on any atom is -0.357 e. The summed E-state index contributed by atoms with van der Waals surface area (Å²) in [4.78, 5) is 18.9. The van der Waals surface area contributed by atoms with Crippen LogP contribution in [0.3, 0.4) is 0 Å². The molecule has 5 aromatic carbocycles. The molecule has 0 saturated carbocycles. The summed E-state index contributed by atoms with van der Waals surface area (Å²) in [5.74, 6) is -0.187. The number of nitrogens with one attached hydrogen (secondary N) is 1. The van der Waals surface area contributed by atoms with Crippen LogP contribution >= 0.6 is 15.9 Å². The number of amides is 1. The lowest BCUT2D eigenvalue weighted by Gasteiger charge is -2.32. The summed E-state index contributed by atoms with van der Waals surface area (Å²) >= 11 is 3.69. The number of carbonyl (C=O) groups is 1. The number of nitrogens with zero attached hydrogens (tertiary/aromatic N) is 2. The maximum absolute atomic E-state index is 15.1. The number of hydrogen-bond acceptors (Lipinski definition) is 2. The fourth-order valence-electron chi connectivity index (χ4n) is 6.53. The zero-order valence-electron chi connectivity index (χ0n) is 23.7. The number of anilines is 1. The third-order valence-electron chi connectivity index (χ3n) is 8.51. The minimum absolute atomic E-state index is 0.0509. The fourth-order valence-corrected chi connectivity index (χ4v) is 6.89. The summed E-state index contributed by atoms with van der Waals surface area (Å²) in [6.45, 7) is 2.01. The normalized spacial score (nSPS) is 16.7. The number of aromatic amines is 1. The number of para-hydroxylation sites is 1. The number of H-pyrrole nitrogens is 1. The monoisotopic (exact) mass is 623 g/mol. The van der Waals surface area contributed by atoms with Gasteiger partial charge in [-0.05, 0) is 54.3 Å². The van der Waals surface area contributed by atoms with Gasteiger partial charge in [-0.2, -0.15) is 10.1 Å². The molecular weight excluding hydrogens is 594 g/mol. The molecule has 43 heavy (non-hydrogen) atoms. The molecule has 210 valence electrons. The fraction of sp³-hybridized carbons (Fsp3) is 0.105. The second kappa shape index (κ2) is 11.2. The number of rotatable bonds is 7. The molecule has 1 aliphatic heterocycles. The van der Waals surface area contributed by atoms with Gasteiger partial charge in [0.05, 0.1) is 11.4 Å². The van der Waals surface area contributed by atoms with Crippen LogP contribution in [0.2, 0.25) is 0 Å². The first-order valence-corrected chi connectivity index (χ1v) is 15.3. The van der Waals surface area contributed by atoms with Crippen LogP contribution < -0.4 is 5.01 Å². The number of aromatic nitrogens is 1. The van der Waals surface area contributed by atoms with E-state index in [4.69, 9.17) is 5.10 Å². The van der Waals surface area contributed by atoms with E-state index in [1.54, 1.807) is 5.01 Å². The molecule has 1 amide bonds. The van der Waals surface area contributed by atoms with E-state index in [1.807, 2.05) is 67.6 Å². The van der Waals surface area contributed by atoms with Crippen molar-refractivity contribution in [3.05, 3.63) is 172 Å².